The molecule has 23 heavy (non-hydrogen) atoms. The summed E-state index contributed by atoms with van der Waals surface area (Å²) in [5.74, 6) is 0.842. The number of benzene rings is 1. The number of hydrogen-bond acceptors (Lipinski definition) is 5. The fourth-order valence-electron chi connectivity index (χ4n) is 1.89. The van der Waals surface area contributed by atoms with Gasteiger partial charge in [-0.2, -0.15) is 5.10 Å². The lowest BCUT2D eigenvalue weighted by Gasteiger charge is -2.11. The zero-order valence-electron chi connectivity index (χ0n) is 12.8. The molecule has 122 valence electrons. The van der Waals surface area contributed by atoms with Crippen molar-refractivity contribution in [1.29, 1.82) is 0 Å². The van der Waals surface area contributed by atoms with Crippen molar-refractivity contribution in [3.8, 4) is 11.5 Å². The summed E-state index contributed by atoms with van der Waals surface area (Å²) in [6.07, 6.45) is 1.82. The zero-order chi connectivity index (χ0) is 16.7. The molecule has 0 radical (unpaired) electrons. The van der Waals surface area contributed by atoms with Crippen LogP contribution in [0.15, 0.2) is 34.7 Å². The molecule has 2 aromatic rings. The maximum absolute atomic E-state index is 11.7. The van der Waals surface area contributed by atoms with Crippen molar-refractivity contribution in [2.24, 2.45) is 5.10 Å². The molecule has 1 N–H and O–H groups in total. The molecule has 0 aliphatic carbocycles. The number of halogens is 1. The molecule has 0 saturated heterocycles. The molecule has 2 rings (SSSR count). The molecule has 0 bridgehead atoms. The lowest BCUT2D eigenvalue weighted by molar-refractivity contribution is -0.120. The van der Waals surface area contributed by atoms with Gasteiger partial charge in [-0.05, 0) is 36.1 Å². The van der Waals surface area contributed by atoms with E-state index in [1.165, 1.54) is 24.7 Å². The van der Waals surface area contributed by atoms with Gasteiger partial charge in [0, 0.05) is 4.88 Å². The minimum absolute atomic E-state index is 0.173. The standard InChI is InChI=1S/C16H17ClN2O3S/c1-3-22-16-13(17)7-11(8-14(16)21-2)10-18-19-15(20)9-12-5-4-6-23-12/h4-8,10H,3,9H2,1-2H3,(H,19,20)/b18-10+. The molecule has 0 atom stereocenters. The summed E-state index contributed by atoms with van der Waals surface area (Å²) >= 11 is 7.71. The summed E-state index contributed by atoms with van der Waals surface area (Å²) in [6, 6.07) is 7.26. The van der Waals surface area contributed by atoms with Crippen LogP contribution < -0.4 is 14.9 Å². The average molecular weight is 353 g/mol. The van der Waals surface area contributed by atoms with Crippen molar-refractivity contribution >= 4 is 35.1 Å². The molecule has 0 aliphatic heterocycles. The largest absolute Gasteiger partial charge is 0.493 e. The summed E-state index contributed by atoms with van der Waals surface area (Å²) in [5.41, 5.74) is 3.19. The lowest BCUT2D eigenvalue weighted by atomic mass is 10.2. The highest BCUT2D eigenvalue weighted by molar-refractivity contribution is 7.10. The van der Waals surface area contributed by atoms with Crippen LogP contribution in [0, 0.1) is 0 Å². The quantitative estimate of drug-likeness (QED) is 0.612. The molecule has 7 heteroatoms. The maximum Gasteiger partial charge on any atom is 0.245 e. The summed E-state index contributed by atoms with van der Waals surface area (Å²) in [4.78, 5) is 12.7. The van der Waals surface area contributed by atoms with Crippen LogP contribution in [0.4, 0.5) is 0 Å². The van der Waals surface area contributed by atoms with Gasteiger partial charge in [-0.3, -0.25) is 4.79 Å². The van der Waals surface area contributed by atoms with Gasteiger partial charge in [0.15, 0.2) is 11.5 Å². The van der Waals surface area contributed by atoms with E-state index in [9.17, 15) is 4.79 Å². The van der Waals surface area contributed by atoms with Gasteiger partial charge in [0.25, 0.3) is 0 Å². The van der Waals surface area contributed by atoms with E-state index in [-0.39, 0.29) is 5.91 Å². The number of hydrogen-bond donors (Lipinski definition) is 1. The molecule has 0 spiro atoms. The van der Waals surface area contributed by atoms with Crippen molar-refractivity contribution < 1.29 is 14.3 Å². The van der Waals surface area contributed by atoms with Gasteiger partial charge >= 0.3 is 0 Å². The fourth-order valence-corrected chi connectivity index (χ4v) is 2.87. The van der Waals surface area contributed by atoms with E-state index in [4.69, 9.17) is 21.1 Å². The molecule has 1 amide bonds. The zero-order valence-corrected chi connectivity index (χ0v) is 14.4. The second kappa shape index (κ2) is 8.55. The van der Waals surface area contributed by atoms with E-state index >= 15 is 0 Å². The van der Waals surface area contributed by atoms with E-state index in [2.05, 4.69) is 10.5 Å². The van der Waals surface area contributed by atoms with E-state index < -0.39 is 0 Å². The third-order valence-corrected chi connectivity index (χ3v) is 4.02. The number of nitrogens with one attached hydrogen (secondary N) is 1. The number of methoxy groups -OCH3 is 1. The van der Waals surface area contributed by atoms with Crippen LogP contribution in [0.25, 0.3) is 0 Å². The number of hydrazone groups is 1. The molecule has 1 heterocycles. The molecule has 1 aromatic heterocycles. The first kappa shape index (κ1) is 17.3. The highest BCUT2D eigenvalue weighted by atomic mass is 35.5. The molecule has 0 fully saturated rings. The highest BCUT2D eigenvalue weighted by Crippen LogP contribution is 2.35. The van der Waals surface area contributed by atoms with Crippen molar-refractivity contribution in [3.05, 3.63) is 45.1 Å². The van der Waals surface area contributed by atoms with Crippen molar-refractivity contribution in [1.82, 2.24) is 5.43 Å². The van der Waals surface area contributed by atoms with Crippen LogP contribution in [-0.2, 0) is 11.2 Å². The number of rotatable bonds is 7. The summed E-state index contributed by atoms with van der Waals surface area (Å²) in [5, 5.41) is 6.30. The minimum Gasteiger partial charge on any atom is -0.493 e. The Kier molecular flexibility index (Phi) is 6.43. The molecule has 1 aromatic carbocycles. The monoisotopic (exact) mass is 352 g/mol. The average Bonchev–Trinajstić information content (AvgIpc) is 3.02. The first-order valence-electron chi connectivity index (χ1n) is 6.98. The van der Waals surface area contributed by atoms with E-state index in [1.807, 2.05) is 24.4 Å². The number of nitrogens with zero attached hydrogens (tertiary/aromatic N) is 1. The van der Waals surface area contributed by atoms with Gasteiger partial charge in [0.2, 0.25) is 5.91 Å². The SMILES string of the molecule is CCOc1c(Cl)cc(/C=N/NC(=O)Cc2cccs2)cc1OC. The van der Waals surface area contributed by atoms with Gasteiger partial charge in [-0.15, -0.1) is 11.3 Å². The van der Waals surface area contributed by atoms with Gasteiger partial charge < -0.3 is 9.47 Å². The van der Waals surface area contributed by atoms with Crippen LogP contribution >= 0.6 is 22.9 Å². The lowest BCUT2D eigenvalue weighted by Crippen LogP contribution is -2.19. The van der Waals surface area contributed by atoms with Gasteiger partial charge in [0.05, 0.1) is 31.4 Å². The Morgan fingerprint density at radius 1 is 1.48 bits per heavy atom. The minimum atomic E-state index is -0.173. The summed E-state index contributed by atoms with van der Waals surface area (Å²) in [7, 11) is 1.54. The highest BCUT2D eigenvalue weighted by Gasteiger charge is 2.11. The normalized spacial score (nSPS) is 10.7. The molecule has 0 unspecified atom stereocenters. The Balaban J connectivity index is 2.01. The van der Waals surface area contributed by atoms with E-state index in [0.717, 1.165) is 4.88 Å². The van der Waals surface area contributed by atoms with Crippen LogP contribution in [-0.4, -0.2) is 25.8 Å². The van der Waals surface area contributed by atoms with Crippen LogP contribution in [0.2, 0.25) is 5.02 Å². The maximum atomic E-state index is 11.7. The van der Waals surface area contributed by atoms with Crippen molar-refractivity contribution in [3.63, 3.8) is 0 Å². The Morgan fingerprint density at radius 3 is 2.96 bits per heavy atom. The van der Waals surface area contributed by atoms with Crippen molar-refractivity contribution in [2.45, 2.75) is 13.3 Å². The van der Waals surface area contributed by atoms with Crippen LogP contribution in [0.3, 0.4) is 0 Å². The van der Waals surface area contributed by atoms with E-state index in [1.54, 1.807) is 12.1 Å². The first-order valence-corrected chi connectivity index (χ1v) is 8.24. The number of thiophene rings is 1. The molecular weight excluding hydrogens is 336 g/mol. The van der Waals surface area contributed by atoms with Crippen LogP contribution in [0.5, 0.6) is 11.5 Å². The Bertz CT molecular complexity index is 687. The predicted octanol–water partition coefficient (Wildman–Crippen LogP) is 3.50. The smallest absolute Gasteiger partial charge is 0.245 e. The second-order valence-corrected chi connectivity index (χ2v) is 5.96. The Hall–Kier alpha value is -2.05. The third-order valence-electron chi connectivity index (χ3n) is 2.86. The van der Waals surface area contributed by atoms with Gasteiger partial charge in [-0.25, -0.2) is 5.43 Å². The first-order chi connectivity index (χ1) is 11.1. The molecule has 5 nitrogen and oxygen atoms in total. The Labute approximate surface area is 143 Å². The van der Waals surface area contributed by atoms with Gasteiger partial charge in [0.1, 0.15) is 0 Å². The molecule has 0 saturated carbocycles. The van der Waals surface area contributed by atoms with Crippen LogP contribution in [0.1, 0.15) is 17.4 Å². The number of carbonyl (C=O) groups is 1. The topological polar surface area (TPSA) is 59.9 Å². The fraction of sp³-hybridized carbons (Fsp3) is 0.250. The number of amides is 1. The predicted molar refractivity (Wildman–Crippen MR) is 92.9 cm³/mol. The summed E-state index contributed by atoms with van der Waals surface area (Å²) < 4.78 is 10.7. The molecule has 0 aliphatic rings. The molecular formula is C16H17ClN2O3S. The summed E-state index contributed by atoms with van der Waals surface area (Å²) in [6.45, 7) is 2.36. The Morgan fingerprint density at radius 2 is 2.30 bits per heavy atom. The number of ether oxygens (including phenoxy) is 2. The number of carbonyl (C=O) groups excluding carboxylic acids is 1. The van der Waals surface area contributed by atoms with E-state index in [0.29, 0.717) is 35.1 Å². The van der Waals surface area contributed by atoms with Crippen molar-refractivity contribution in [2.75, 3.05) is 13.7 Å². The third kappa shape index (κ3) is 4.97. The second-order valence-electron chi connectivity index (χ2n) is 4.52. The van der Waals surface area contributed by atoms with Gasteiger partial charge in [-0.1, -0.05) is 17.7 Å².